The van der Waals surface area contributed by atoms with E-state index in [2.05, 4.69) is 34.1 Å². The maximum Gasteiger partial charge on any atom is 0.186 e. The first-order valence-corrected chi connectivity index (χ1v) is 6.91. The standard InChI is InChI=1S/C17H15BrO/c1-12-7-8-13(2)14(11-12)9-10-17(19)15-5-3-4-6-16(15)18/h3-11H,1-2H3. The average Bonchev–Trinajstić information content (AvgIpc) is 2.40. The molecule has 0 saturated carbocycles. The van der Waals surface area contributed by atoms with Crippen LogP contribution >= 0.6 is 15.9 Å². The lowest BCUT2D eigenvalue weighted by molar-refractivity contribution is 0.104. The summed E-state index contributed by atoms with van der Waals surface area (Å²) >= 11 is 3.39. The second-order valence-corrected chi connectivity index (χ2v) is 5.39. The minimum absolute atomic E-state index is 0.00776. The zero-order chi connectivity index (χ0) is 13.8. The van der Waals surface area contributed by atoms with Gasteiger partial charge < -0.3 is 0 Å². The number of benzene rings is 2. The monoisotopic (exact) mass is 314 g/mol. The van der Waals surface area contributed by atoms with Gasteiger partial charge in [-0.05, 0) is 43.2 Å². The van der Waals surface area contributed by atoms with Crippen LogP contribution in [0.5, 0.6) is 0 Å². The number of halogens is 1. The Balaban J connectivity index is 2.26. The molecule has 0 amide bonds. The van der Waals surface area contributed by atoms with Gasteiger partial charge in [0.1, 0.15) is 0 Å². The largest absolute Gasteiger partial charge is 0.289 e. The maximum absolute atomic E-state index is 12.1. The molecule has 0 aliphatic rings. The van der Waals surface area contributed by atoms with Gasteiger partial charge in [-0.2, -0.15) is 0 Å². The molecular formula is C17H15BrO. The highest BCUT2D eigenvalue weighted by Gasteiger charge is 2.05. The third-order valence-electron chi connectivity index (χ3n) is 2.99. The second kappa shape index (κ2) is 5.98. The summed E-state index contributed by atoms with van der Waals surface area (Å²) < 4.78 is 0.825. The van der Waals surface area contributed by atoms with Gasteiger partial charge in [0.15, 0.2) is 5.78 Å². The van der Waals surface area contributed by atoms with Crippen LogP contribution in [0.2, 0.25) is 0 Å². The lowest BCUT2D eigenvalue weighted by Gasteiger charge is -2.02. The van der Waals surface area contributed by atoms with Crippen LogP contribution in [0.15, 0.2) is 53.0 Å². The topological polar surface area (TPSA) is 17.1 Å². The normalized spacial score (nSPS) is 10.9. The molecule has 1 nitrogen and oxygen atoms in total. The molecule has 0 unspecified atom stereocenters. The van der Waals surface area contributed by atoms with Crippen molar-refractivity contribution in [1.29, 1.82) is 0 Å². The number of aryl methyl sites for hydroxylation is 2. The van der Waals surface area contributed by atoms with Crippen LogP contribution in [-0.2, 0) is 0 Å². The molecule has 0 bridgehead atoms. The molecule has 0 spiro atoms. The van der Waals surface area contributed by atoms with Gasteiger partial charge in [0.2, 0.25) is 0 Å². The predicted octanol–water partition coefficient (Wildman–Crippen LogP) is 4.96. The van der Waals surface area contributed by atoms with Gasteiger partial charge in [-0.1, -0.05) is 57.9 Å². The van der Waals surface area contributed by atoms with Crippen molar-refractivity contribution in [1.82, 2.24) is 0 Å². The average molecular weight is 315 g/mol. The van der Waals surface area contributed by atoms with Gasteiger partial charge in [-0.25, -0.2) is 0 Å². The van der Waals surface area contributed by atoms with E-state index in [-0.39, 0.29) is 5.78 Å². The number of carbonyl (C=O) groups is 1. The Bertz CT molecular complexity index is 641. The smallest absolute Gasteiger partial charge is 0.186 e. The maximum atomic E-state index is 12.1. The van der Waals surface area contributed by atoms with Crippen LogP contribution in [-0.4, -0.2) is 5.78 Å². The fraction of sp³-hybridized carbons (Fsp3) is 0.118. The molecular weight excluding hydrogens is 300 g/mol. The molecule has 0 aliphatic carbocycles. The van der Waals surface area contributed by atoms with E-state index < -0.39 is 0 Å². The van der Waals surface area contributed by atoms with Gasteiger partial charge in [-0.15, -0.1) is 0 Å². The van der Waals surface area contributed by atoms with E-state index in [9.17, 15) is 4.79 Å². The fourth-order valence-electron chi connectivity index (χ4n) is 1.86. The van der Waals surface area contributed by atoms with Crippen LogP contribution in [0.1, 0.15) is 27.0 Å². The van der Waals surface area contributed by atoms with E-state index >= 15 is 0 Å². The van der Waals surface area contributed by atoms with E-state index in [0.29, 0.717) is 5.56 Å². The molecule has 0 aliphatic heterocycles. The molecule has 0 aromatic heterocycles. The van der Waals surface area contributed by atoms with Crippen molar-refractivity contribution < 1.29 is 4.79 Å². The van der Waals surface area contributed by atoms with Crippen molar-refractivity contribution in [3.8, 4) is 0 Å². The van der Waals surface area contributed by atoms with Crippen molar-refractivity contribution in [2.75, 3.05) is 0 Å². The summed E-state index contributed by atoms with van der Waals surface area (Å²) in [6.07, 6.45) is 3.51. The Hall–Kier alpha value is -1.67. The molecule has 19 heavy (non-hydrogen) atoms. The lowest BCUT2D eigenvalue weighted by atomic mass is 10.0. The summed E-state index contributed by atoms with van der Waals surface area (Å²) in [4.78, 5) is 12.1. The van der Waals surface area contributed by atoms with Crippen molar-refractivity contribution in [2.45, 2.75) is 13.8 Å². The van der Waals surface area contributed by atoms with Crippen LogP contribution < -0.4 is 0 Å². The minimum Gasteiger partial charge on any atom is -0.289 e. The zero-order valence-corrected chi connectivity index (χ0v) is 12.6. The molecule has 0 N–H and O–H groups in total. The summed E-state index contributed by atoms with van der Waals surface area (Å²) in [7, 11) is 0. The van der Waals surface area contributed by atoms with Gasteiger partial charge in [-0.3, -0.25) is 4.79 Å². The highest BCUT2D eigenvalue weighted by molar-refractivity contribution is 9.10. The Morgan fingerprint density at radius 3 is 2.58 bits per heavy atom. The molecule has 2 aromatic rings. The fourth-order valence-corrected chi connectivity index (χ4v) is 2.34. The SMILES string of the molecule is Cc1ccc(C)c(C=CC(=O)c2ccccc2Br)c1. The van der Waals surface area contributed by atoms with Crippen molar-refractivity contribution in [2.24, 2.45) is 0 Å². The van der Waals surface area contributed by atoms with Gasteiger partial charge >= 0.3 is 0 Å². The van der Waals surface area contributed by atoms with E-state index in [1.165, 1.54) is 11.1 Å². The van der Waals surface area contributed by atoms with Crippen molar-refractivity contribution in [3.05, 3.63) is 75.3 Å². The van der Waals surface area contributed by atoms with Crippen LogP contribution in [0, 0.1) is 13.8 Å². The molecule has 0 radical (unpaired) electrons. The quantitative estimate of drug-likeness (QED) is 0.578. The summed E-state index contributed by atoms with van der Waals surface area (Å²) in [5.41, 5.74) is 4.13. The van der Waals surface area contributed by atoms with Gasteiger partial charge in [0.05, 0.1) is 0 Å². The molecule has 2 heteroatoms. The summed E-state index contributed by atoms with van der Waals surface area (Å²) in [6, 6.07) is 13.7. The number of carbonyl (C=O) groups excluding carboxylic acids is 1. The molecule has 0 heterocycles. The molecule has 0 saturated heterocycles. The van der Waals surface area contributed by atoms with Crippen LogP contribution in [0.4, 0.5) is 0 Å². The van der Waals surface area contributed by atoms with E-state index in [4.69, 9.17) is 0 Å². The summed E-state index contributed by atoms with van der Waals surface area (Å²) in [5.74, 6) is 0.00776. The van der Waals surface area contributed by atoms with E-state index in [0.717, 1.165) is 10.0 Å². The van der Waals surface area contributed by atoms with Crippen LogP contribution in [0.3, 0.4) is 0 Å². The Morgan fingerprint density at radius 1 is 1.11 bits per heavy atom. The lowest BCUT2D eigenvalue weighted by Crippen LogP contribution is -1.95. The number of hydrogen-bond donors (Lipinski definition) is 0. The number of ketones is 1. The zero-order valence-electron chi connectivity index (χ0n) is 11.0. The molecule has 2 aromatic carbocycles. The highest BCUT2D eigenvalue weighted by atomic mass is 79.9. The highest BCUT2D eigenvalue weighted by Crippen LogP contribution is 2.18. The third-order valence-corrected chi connectivity index (χ3v) is 3.68. The van der Waals surface area contributed by atoms with Gasteiger partial charge in [0.25, 0.3) is 0 Å². The Morgan fingerprint density at radius 2 is 1.84 bits per heavy atom. The molecule has 2 rings (SSSR count). The Labute approximate surface area is 122 Å². The summed E-state index contributed by atoms with van der Waals surface area (Å²) in [5, 5.41) is 0. The molecule has 0 fully saturated rings. The summed E-state index contributed by atoms with van der Waals surface area (Å²) in [6.45, 7) is 4.09. The number of allylic oxidation sites excluding steroid dienone is 1. The van der Waals surface area contributed by atoms with Crippen molar-refractivity contribution in [3.63, 3.8) is 0 Å². The predicted molar refractivity (Wildman–Crippen MR) is 83.4 cm³/mol. The first-order chi connectivity index (χ1) is 9.08. The molecule has 96 valence electrons. The van der Waals surface area contributed by atoms with Gasteiger partial charge in [0, 0.05) is 10.0 Å². The van der Waals surface area contributed by atoms with E-state index in [1.807, 2.05) is 44.2 Å². The number of hydrogen-bond acceptors (Lipinski definition) is 1. The van der Waals surface area contributed by atoms with Crippen LogP contribution in [0.25, 0.3) is 6.08 Å². The minimum atomic E-state index is 0.00776. The van der Waals surface area contributed by atoms with E-state index in [1.54, 1.807) is 6.08 Å². The van der Waals surface area contributed by atoms with Crippen molar-refractivity contribution >= 4 is 27.8 Å². The number of rotatable bonds is 3. The first kappa shape index (κ1) is 13.8. The Kier molecular flexibility index (Phi) is 4.33. The first-order valence-electron chi connectivity index (χ1n) is 6.12. The third kappa shape index (κ3) is 3.42. The molecule has 0 atom stereocenters. The second-order valence-electron chi connectivity index (χ2n) is 4.54.